The summed E-state index contributed by atoms with van der Waals surface area (Å²) in [6.07, 6.45) is 22.2. The molecule has 0 fully saturated rings. The summed E-state index contributed by atoms with van der Waals surface area (Å²) >= 11 is 0. The molecule has 0 heterocycles. The van der Waals surface area contributed by atoms with Crippen LogP contribution in [0.3, 0.4) is 0 Å². The van der Waals surface area contributed by atoms with Gasteiger partial charge >= 0.3 is 0 Å². The zero-order valence-corrected chi connectivity index (χ0v) is 48.0. The van der Waals surface area contributed by atoms with Crippen LogP contribution in [0.5, 0.6) is 0 Å². The normalized spacial score (nSPS) is 14.5. The molecular weight excluding hydrogens is 923 g/mol. The minimum atomic E-state index is -0.907. The summed E-state index contributed by atoms with van der Waals surface area (Å²) in [6.45, 7) is 21.3. The van der Waals surface area contributed by atoms with E-state index in [0.29, 0.717) is 90.4 Å². The Morgan fingerprint density at radius 3 is 0.808 bits per heavy atom. The molecule has 424 valence electrons. The molecule has 15 heteroatoms. The Morgan fingerprint density at radius 1 is 0.274 bits per heavy atom. The molecule has 0 bridgehead atoms. The number of rotatable bonds is 47. The van der Waals surface area contributed by atoms with Crippen molar-refractivity contribution < 1.29 is 38.4 Å². The second kappa shape index (κ2) is 44.3. The van der Waals surface area contributed by atoms with E-state index in [1.807, 2.05) is 34.6 Å². The van der Waals surface area contributed by atoms with Crippen LogP contribution >= 0.6 is 0 Å². The lowest BCUT2D eigenvalue weighted by Gasteiger charge is -2.25. The third-order valence-corrected chi connectivity index (χ3v) is 14.4. The molecule has 0 radical (unpaired) electrons. The quantitative estimate of drug-likeness (QED) is 0.0290. The number of hydrogen-bond donors (Lipinski definition) is 7. The van der Waals surface area contributed by atoms with E-state index in [9.17, 15) is 38.4 Å². The van der Waals surface area contributed by atoms with E-state index in [1.54, 1.807) is 6.92 Å². The van der Waals surface area contributed by atoms with E-state index < -0.39 is 24.0 Å². The lowest BCUT2D eigenvalue weighted by Crippen LogP contribution is -2.54. The third-order valence-electron chi connectivity index (χ3n) is 14.4. The summed E-state index contributed by atoms with van der Waals surface area (Å²) in [5, 5.41) is 21.0. The molecule has 15 nitrogen and oxygen atoms in total. The van der Waals surface area contributed by atoms with E-state index in [4.69, 9.17) is 0 Å². The molecule has 7 amide bonds. The predicted molar refractivity (Wildman–Crippen MR) is 296 cm³/mol. The van der Waals surface area contributed by atoms with Crippen LogP contribution in [0.15, 0.2) is 0 Å². The first-order valence-corrected chi connectivity index (χ1v) is 29.5. The van der Waals surface area contributed by atoms with Gasteiger partial charge in [0.05, 0.1) is 0 Å². The van der Waals surface area contributed by atoms with E-state index in [0.717, 1.165) is 109 Å². The number of ketones is 1. The van der Waals surface area contributed by atoms with Gasteiger partial charge in [-0.15, -0.1) is 0 Å². The van der Waals surface area contributed by atoms with E-state index in [-0.39, 0.29) is 77.2 Å². The summed E-state index contributed by atoms with van der Waals surface area (Å²) in [4.78, 5) is 105. The molecule has 0 aliphatic heterocycles. The van der Waals surface area contributed by atoms with Crippen LogP contribution < -0.4 is 37.2 Å². The number of Topliss-reactive ketones (excluding diaryl/α,β-unsaturated/α-hetero) is 1. The molecule has 0 aromatic rings. The fourth-order valence-electron chi connectivity index (χ4n) is 8.67. The van der Waals surface area contributed by atoms with Gasteiger partial charge in [-0.3, -0.25) is 38.4 Å². The van der Waals surface area contributed by atoms with E-state index in [2.05, 4.69) is 64.9 Å². The molecular formula is C58H109N7O8. The molecule has 0 aromatic carbocycles. The Labute approximate surface area is 444 Å². The van der Waals surface area contributed by atoms with Gasteiger partial charge in [0.25, 0.3) is 0 Å². The Balaban J connectivity index is 5.96. The molecule has 7 N–H and O–H groups in total. The van der Waals surface area contributed by atoms with Gasteiger partial charge in [-0.2, -0.15) is 0 Å². The molecule has 73 heavy (non-hydrogen) atoms. The summed E-state index contributed by atoms with van der Waals surface area (Å²) in [6, 6.07) is -2.53. The minimum Gasteiger partial charge on any atom is -0.356 e. The number of carbonyl (C=O) groups is 8. The van der Waals surface area contributed by atoms with Gasteiger partial charge in [-0.25, -0.2) is 0 Å². The maximum Gasteiger partial charge on any atom is 0.243 e. The highest BCUT2D eigenvalue weighted by molar-refractivity contribution is 5.92. The van der Waals surface area contributed by atoms with Gasteiger partial charge in [-0.05, 0) is 103 Å². The van der Waals surface area contributed by atoms with Crippen LogP contribution in [-0.4, -0.2) is 91.4 Å². The van der Waals surface area contributed by atoms with Crippen molar-refractivity contribution in [2.45, 2.75) is 267 Å². The topological polar surface area (TPSA) is 221 Å². The van der Waals surface area contributed by atoms with Crippen molar-refractivity contribution in [1.29, 1.82) is 0 Å². The third kappa shape index (κ3) is 35.0. The van der Waals surface area contributed by atoms with Gasteiger partial charge in [0.15, 0.2) is 0 Å². The standard InChI is InChI=1S/C58H109N7O8/c1-11-15-19-32-44(6)52(67)59-39-28-24-36-49(63-54(69)46(8)34-21-17-13-3)56(71)62-42-30-25-37-50(57(72)61-41-27-23-31-43(5)48(10)66)65-58(73)51(64-55(70)47(9)35-22-18-14-4)38-26-29-40-60-53(68)45(7)33-20-16-12-2/h43-47,49-51H,11-42H2,1-10H3,(H,59,67)(H,60,68)(H,61,72)(H,62,71)(H,63,69)(H,64,70)(H,65,73). The highest BCUT2D eigenvalue weighted by Gasteiger charge is 2.28. The Kier molecular flexibility index (Phi) is 41.8. The SMILES string of the molecule is CCCCCC(C)C(=O)NCCCCC(NC(=O)C(C)CCCCC)C(=O)NCCCCC(NC(=O)C(CCCCNC(=O)C(C)CCCCC)NC(=O)C(C)CCCCC)C(=O)NCCCCC(C)C(C)=O. The molecule has 0 rings (SSSR count). The molecule has 0 aliphatic rings. The summed E-state index contributed by atoms with van der Waals surface area (Å²) in [7, 11) is 0. The molecule has 0 aliphatic carbocycles. The van der Waals surface area contributed by atoms with E-state index >= 15 is 0 Å². The van der Waals surface area contributed by atoms with Crippen LogP contribution in [0.25, 0.3) is 0 Å². The minimum absolute atomic E-state index is 0.0206. The molecule has 0 saturated carbocycles. The van der Waals surface area contributed by atoms with E-state index in [1.165, 1.54) is 0 Å². The van der Waals surface area contributed by atoms with Crippen molar-refractivity contribution in [3.63, 3.8) is 0 Å². The van der Waals surface area contributed by atoms with Crippen molar-refractivity contribution >= 4 is 47.1 Å². The molecule has 0 aromatic heterocycles. The zero-order valence-electron chi connectivity index (χ0n) is 48.0. The van der Waals surface area contributed by atoms with Crippen molar-refractivity contribution in [2.24, 2.45) is 29.6 Å². The zero-order chi connectivity index (χ0) is 54.8. The van der Waals surface area contributed by atoms with Crippen molar-refractivity contribution in [1.82, 2.24) is 37.2 Å². The predicted octanol–water partition coefficient (Wildman–Crippen LogP) is 9.68. The fraction of sp³-hybridized carbons (Fsp3) is 0.862. The Hall–Kier alpha value is -4.04. The average molecular weight is 1030 g/mol. The van der Waals surface area contributed by atoms with Crippen LogP contribution in [-0.2, 0) is 38.4 Å². The first kappa shape index (κ1) is 69.0. The van der Waals surface area contributed by atoms with Crippen LogP contribution in [0.1, 0.15) is 249 Å². The number of carbonyl (C=O) groups excluding carboxylic acids is 8. The van der Waals surface area contributed by atoms with Crippen molar-refractivity contribution in [3.8, 4) is 0 Å². The van der Waals surface area contributed by atoms with Gasteiger partial charge in [-0.1, -0.05) is 146 Å². The second-order valence-corrected chi connectivity index (χ2v) is 21.4. The number of unbranched alkanes of at least 4 members (excludes halogenated alkanes) is 12. The smallest absolute Gasteiger partial charge is 0.243 e. The van der Waals surface area contributed by atoms with Gasteiger partial charge < -0.3 is 37.2 Å². The highest BCUT2D eigenvalue weighted by atomic mass is 16.2. The lowest BCUT2D eigenvalue weighted by atomic mass is 10.00. The summed E-state index contributed by atoms with van der Waals surface area (Å²) < 4.78 is 0. The van der Waals surface area contributed by atoms with Crippen molar-refractivity contribution in [2.75, 3.05) is 26.2 Å². The molecule has 8 atom stereocenters. The van der Waals surface area contributed by atoms with Gasteiger partial charge in [0.2, 0.25) is 41.4 Å². The largest absolute Gasteiger partial charge is 0.356 e. The second-order valence-electron chi connectivity index (χ2n) is 21.4. The maximum atomic E-state index is 14.2. The highest BCUT2D eigenvalue weighted by Crippen LogP contribution is 2.15. The molecule has 8 unspecified atom stereocenters. The van der Waals surface area contributed by atoms with Crippen LogP contribution in [0.4, 0.5) is 0 Å². The summed E-state index contributed by atoms with van der Waals surface area (Å²) in [5.74, 6) is -1.96. The number of hydrogen-bond acceptors (Lipinski definition) is 8. The number of amides is 7. The van der Waals surface area contributed by atoms with Crippen LogP contribution in [0.2, 0.25) is 0 Å². The van der Waals surface area contributed by atoms with Gasteiger partial charge in [0.1, 0.15) is 23.9 Å². The van der Waals surface area contributed by atoms with Crippen LogP contribution in [0, 0.1) is 29.6 Å². The van der Waals surface area contributed by atoms with Gasteiger partial charge in [0, 0.05) is 55.8 Å². The molecule has 0 saturated heterocycles. The maximum absolute atomic E-state index is 14.2. The van der Waals surface area contributed by atoms with Crippen molar-refractivity contribution in [3.05, 3.63) is 0 Å². The monoisotopic (exact) mass is 1030 g/mol. The Bertz CT molecular complexity index is 1540. The first-order valence-electron chi connectivity index (χ1n) is 29.5. The molecule has 0 spiro atoms. The Morgan fingerprint density at radius 2 is 0.507 bits per heavy atom. The fourth-order valence-corrected chi connectivity index (χ4v) is 8.67. The number of nitrogens with one attached hydrogen (secondary N) is 7. The summed E-state index contributed by atoms with van der Waals surface area (Å²) in [5.41, 5.74) is 0. The average Bonchev–Trinajstić information content (AvgIpc) is 3.36. The first-order chi connectivity index (χ1) is 34.9. The lowest BCUT2D eigenvalue weighted by molar-refractivity contribution is -0.133.